The maximum absolute atomic E-state index is 13.0. The van der Waals surface area contributed by atoms with E-state index in [9.17, 15) is 19.2 Å². The van der Waals surface area contributed by atoms with Gasteiger partial charge in [0, 0.05) is 10.6 Å². The van der Waals surface area contributed by atoms with Crippen molar-refractivity contribution in [1.82, 2.24) is 0 Å². The molecule has 140 valence electrons. The molecule has 4 rings (SSSR count). The standard InChI is InChI=1S/C19H11ClN2O5S/c20-10-5-7-11(8-6-10)22-18(26)16(28-19(22)27)15-12-3-1-2-4-13(12)21(17(15)25)9-14(23)24/h1-8H,9H2,(H,23,24)/b16-15-. The molecular weight excluding hydrogens is 404 g/mol. The minimum atomic E-state index is -1.18. The fourth-order valence-electron chi connectivity index (χ4n) is 3.12. The van der Waals surface area contributed by atoms with E-state index < -0.39 is 29.6 Å². The van der Waals surface area contributed by atoms with Crippen LogP contribution in [-0.4, -0.2) is 34.7 Å². The van der Waals surface area contributed by atoms with Crippen molar-refractivity contribution >= 4 is 63.3 Å². The number of hydrogen-bond acceptors (Lipinski definition) is 5. The Bertz CT molecular complexity index is 1080. The van der Waals surface area contributed by atoms with Crippen LogP contribution >= 0.6 is 23.4 Å². The van der Waals surface area contributed by atoms with Gasteiger partial charge in [-0.15, -0.1) is 0 Å². The number of para-hydroxylation sites is 1. The lowest BCUT2D eigenvalue weighted by molar-refractivity contribution is -0.136. The molecule has 28 heavy (non-hydrogen) atoms. The molecule has 0 saturated carbocycles. The smallest absolute Gasteiger partial charge is 0.323 e. The van der Waals surface area contributed by atoms with Gasteiger partial charge in [-0.25, -0.2) is 4.90 Å². The molecule has 1 fully saturated rings. The molecule has 0 spiro atoms. The lowest BCUT2D eigenvalue weighted by atomic mass is 10.1. The second-order valence-electron chi connectivity index (χ2n) is 5.99. The summed E-state index contributed by atoms with van der Waals surface area (Å²) in [5.74, 6) is -2.43. The van der Waals surface area contributed by atoms with Crippen molar-refractivity contribution in [2.45, 2.75) is 0 Å². The van der Waals surface area contributed by atoms with Gasteiger partial charge >= 0.3 is 5.97 Å². The summed E-state index contributed by atoms with van der Waals surface area (Å²) < 4.78 is 0. The number of carbonyl (C=O) groups is 4. The summed E-state index contributed by atoms with van der Waals surface area (Å²) in [7, 11) is 0. The van der Waals surface area contributed by atoms with Crippen LogP contribution in [0.3, 0.4) is 0 Å². The number of hydrogen-bond donors (Lipinski definition) is 1. The second-order valence-corrected chi connectivity index (χ2v) is 7.39. The van der Waals surface area contributed by atoms with E-state index in [1.807, 2.05) is 0 Å². The van der Waals surface area contributed by atoms with E-state index in [1.54, 1.807) is 36.4 Å². The maximum Gasteiger partial charge on any atom is 0.323 e. The highest BCUT2D eigenvalue weighted by atomic mass is 35.5. The Morgan fingerprint density at radius 1 is 1.00 bits per heavy atom. The van der Waals surface area contributed by atoms with Crippen LogP contribution in [0.1, 0.15) is 5.56 Å². The van der Waals surface area contributed by atoms with Crippen molar-refractivity contribution in [3.05, 3.63) is 64.0 Å². The number of halogens is 1. The molecule has 7 nitrogen and oxygen atoms in total. The minimum Gasteiger partial charge on any atom is -0.480 e. The van der Waals surface area contributed by atoms with Crippen LogP contribution in [0.15, 0.2) is 53.4 Å². The summed E-state index contributed by atoms with van der Waals surface area (Å²) >= 11 is 6.51. The molecule has 3 amide bonds. The number of imide groups is 1. The van der Waals surface area contributed by atoms with Gasteiger partial charge in [-0.1, -0.05) is 29.8 Å². The van der Waals surface area contributed by atoms with E-state index in [0.29, 0.717) is 33.7 Å². The van der Waals surface area contributed by atoms with E-state index in [2.05, 4.69) is 0 Å². The van der Waals surface area contributed by atoms with Gasteiger partial charge in [-0.2, -0.15) is 0 Å². The van der Waals surface area contributed by atoms with Gasteiger partial charge in [-0.3, -0.25) is 24.1 Å². The first-order valence-electron chi connectivity index (χ1n) is 8.07. The van der Waals surface area contributed by atoms with Crippen molar-refractivity contribution < 1.29 is 24.3 Å². The summed E-state index contributed by atoms with van der Waals surface area (Å²) in [6.45, 7) is -0.541. The van der Waals surface area contributed by atoms with Crippen molar-refractivity contribution in [1.29, 1.82) is 0 Å². The summed E-state index contributed by atoms with van der Waals surface area (Å²) in [5.41, 5.74) is 1.19. The van der Waals surface area contributed by atoms with E-state index in [0.717, 1.165) is 9.80 Å². The number of carbonyl (C=O) groups excluding carboxylic acids is 3. The second kappa shape index (κ2) is 6.81. The average molecular weight is 415 g/mol. The third-order valence-corrected chi connectivity index (χ3v) is 5.49. The van der Waals surface area contributed by atoms with Gasteiger partial charge in [0.2, 0.25) is 0 Å². The van der Waals surface area contributed by atoms with Crippen LogP contribution in [0.4, 0.5) is 16.2 Å². The van der Waals surface area contributed by atoms with E-state index in [4.69, 9.17) is 16.7 Å². The number of benzene rings is 2. The first kappa shape index (κ1) is 18.3. The zero-order chi connectivity index (χ0) is 20.0. The molecule has 1 saturated heterocycles. The SMILES string of the molecule is O=C(O)CN1C(=O)/C(=C2\SC(=O)N(c3ccc(Cl)cc3)C2=O)c2ccccc21. The molecule has 1 N–H and O–H groups in total. The summed E-state index contributed by atoms with van der Waals surface area (Å²) in [6.07, 6.45) is 0. The van der Waals surface area contributed by atoms with Gasteiger partial charge < -0.3 is 5.11 Å². The third kappa shape index (κ3) is 2.87. The fourth-order valence-corrected chi connectivity index (χ4v) is 4.18. The van der Waals surface area contributed by atoms with Crippen LogP contribution in [-0.2, 0) is 14.4 Å². The topological polar surface area (TPSA) is 95.0 Å². The Kier molecular flexibility index (Phi) is 4.44. The zero-order valence-corrected chi connectivity index (χ0v) is 15.7. The summed E-state index contributed by atoms with van der Waals surface area (Å²) in [5, 5.41) is 9.03. The zero-order valence-electron chi connectivity index (χ0n) is 14.1. The first-order chi connectivity index (χ1) is 13.4. The fraction of sp³-hybridized carbons (Fsp3) is 0.0526. The van der Waals surface area contributed by atoms with Crippen LogP contribution in [0, 0.1) is 0 Å². The predicted molar refractivity (Wildman–Crippen MR) is 105 cm³/mol. The number of anilines is 2. The van der Waals surface area contributed by atoms with Crippen molar-refractivity contribution in [2.75, 3.05) is 16.3 Å². The molecule has 2 heterocycles. The van der Waals surface area contributed by atoms with E-state index in [-0.39, 0.29) is 10.5 Å². The van der Waals surface area contributed by atoms with E-state index in [1.165, 1.54) is 12.1 Å². The van der Waals surface area contributed by atoms with Gasteiger partial charge in [0.25, 0.3) is 17.1 Å². The lowest BCUT2D eigenvalue weighted by Crippen LogP contribution is -2.32. The number of nitrogens with zero attached hydrogens (tertiary/aromatic N) is 2. The molecule has 9 heteroatoms. The molecule has 2 aliphatic rings. The number of carboxylic acid groups (broad SMARTS) is 1. The van der Waals surface area contributed by atoms with Crippen molar-refractivity contribution in [3.8, 4) is 0 Å². The lowest BCUT2D eigenvalue weighted by Gasteiger charge is -2.14. The number of carboxylic acids is 1. The molecular formula is C19H11ClN2O5S. The average Bonchev–Trinajstić information content (AvgIpc) is 3.09. The number of thioether (sulfide) groups is 1. The molecule has 0 unspecified atom stereocenters. The maximum atomic E-state index is 13.0. The monoisotopic (exact) mass is 414 g/mol. The largest absolute Gasteiger partial charge is 0.480 e. The van der Waals surface area contributed by atoms with E-state index >= 15 is 0 Å². The van der Waals surface area contributed by atoms with Gasteiger partial charge in [0.15, 0.2) is 0 Å². The minimum absolute atomic E-state index is 0.0229. The molecule has 0 atom stereocenters. The van der Waals surface area contributed by atoms with Crippen LogP contribution in [0.25, 0.3) is 5.57 Å². The number of fused-ring (bicyclic) bond motifs is 1. The molecule has 0 aliphatic carbocycles. The van der Waals surface area contributed by atoms with Gasteiger partial charge in [-0.05, 0) is 42.1 Å². The Balaban J connectivity index is 1.82. The number of rotatable bonds is 3. The molecule has 2 aromatic rings. The Morgan fingerprint density at radius 3 is 2.36 bits per heavy atom. The number of amides is 3. The third-order valence-electron chi connectivity index (χ3n) is 4.30. The summed E-state index contributed by atoms with van der Waals surface area (Å²) in [4.78, 5) is 51.6. The highest BCUT2D eigenvalue weighted by Gasteiger charge is 2.44. The van der Waals surface area contributed by atoms with Crippen molar-refractivity contribution in [3.63, 3.8) is 0 Å². The first-order valence-corrected chi connectivity index (χ1v) is 9.27. The van der Waals surface area contributed by atoms with Crippen LogP contribution in [0.2, 0.25) is 5.02 Å². The molecule has 2 aromatic carbocycles. The van der Waals surface area contributed by atoms with Gasteiger partial charge in [0.05, 0.1) is 21.9 Å². The predicted octanol–water partition coefficient (Wildman–Crippen LogP) is 3.38. The van der Waals surface area contributed by atoms with Crippen LogP contribution < -0.4 is 9.80 Å². The van der Waals surface area contributed by atoms with Gasteiger partial charge in [0.1, 0.15) is 6.54 Å². The Morgan fingerprint density at radius 2 is 1.68 bits per heavy atom. The Labute approximate surface area is 168 Å². The Hall–Kier alpha value is -3.10. The molecule has 0 bridgehead atoms. The molecule has 2 aliphatic heterocycles. The molecule has 0 aromatic heterocycles. The normalized spacial score (nSPS) is 18.8. The van der Waals surface area contributed by atoms with Crippen molar-refractivity contribution in [2.24, 2.45) is 0 Å². The quantitative estimate of drug-likeness (QED) is 0.773. The highest BCUT2D eigenvalue weighted by Crippen LogP contribution is 2.45. The summed E-state index contributed by atoms with van der Waals surface area (Å²) in [6, 6.07) is 12.8. The van der Waals surface area contributed by atoms with Crippen LogP contribution in [0.5, 0.6) is 0 Å². The highest BCUT2D eigenvalue weighted by molar-refractivity contribution is 8.19. The number of aliphatic carboxylic acids is 1. The molecule has 0 radical (unpaired) electrons.